The number of hydrogen-bond acceptors (Lipinski definition) is 2. The summed E-state index contributed by atoms with van der Waals surface area (Å²) in [4.78, 5) is 8.77. The van der Waals surface area contributed by atoms with Gasteiger partial charge >= 0.3 is 0 Å². The van der Waals surface area contributed by atoms with Gasteiger partial charge in [0.1, 0.15) is 0 Å². The molecule has 0 unspecified atom stereocenters. The molecule has 0 saturated heterocycles. The van der Waals surface area contributed by atoms with Crippen LogP contribution in [-0.2, 0) is 6.42 Å². The third kappa shape index (κ3) is 0.952. The molecule has 0 N–H and O–H groups in total. The molecule has 0 fully saturated rings. The highest BCUT2D eigenvalue weighted by Gasteiger charge is 2.07. The second-order valence-electron chi connectivity index (χ2n) is 3.18. The predicted molar refractivity (Wildman–Crippen MR) is 52.3 cm³/mol. The van der Waals surface area contributed by atoms with E-state index in [1.165, 1.54) is 5.56 Å². The average molecular weight is 168 g/mol. The van der Waals surface area contributed by atoms with E-state index < -0.39 is 0 Å². The van der Waals surface area contributed by atoms with Gasteiger partial charge in [-0.25, -0.2) is 4.98 Å². The summed E-state index contributed by atoms with van der Waals surface area (Å²) < 4.78 is 0. The van der Waals surface area contributed by atoms with E-state index in [0.29, 0.717) is 0 Å². The molecule has 0 aromatic carbocycles. The summed E-state index contributed by atoms with van der Waals surface area (Å²) in [6.07, 6.45) is 7.01. The van der Waals surface area contributed by atoms with E-state index in [-0.39, 0.29) is 0 Å². The second-order valence-corrected chi connectivity index (χ2v) is 3.18. The fourth-order valence-electron chi connectivity index (χ4n) is 1.66. The summed E-state index contributed by atoms with van der Waals surface area (Å²) in [6.45, 7) is 0. The van der Waals surface area contributed by atoms with Gasteiger partial charge in [-0.15, -0.1) is 0 Å². The zero-order chi connectivity index (χ0) is 8.67. The van der Waals surface area contributed by atoms with Crippen LogP contribution in [0.25, 0.3) is 17.1 Å². The molecule has 0 spiro atoms. The Hall–Kier alpha value is -1.70. The predicted octanol–water partition coefficient (Wildman–Crippen LogP) is 2.20. The van der Waals surface area contributed by atoms with Crippen molar-refractivity contribution < 1.29 is 0 Å². The highest BCUT2D eigenvalue weighted by molar-refractivity contribution is 5.77. The lowest BCUT2D eigenvalue weighted by atomic mass is 10.2. The minimum atomic E-state index is 0.979. The summed E-state index contributed by atoms with van der Waals surface area (Å²) in [5.41, 5.74) is 4.35. The Morgan fingerprint density at radius 3 is 3.23 bits per heavy atom. The van der Waals surface area contributed by atoms with Crippen LogP contribution in [0.1, 0.15) is 11.3 Å². The normalized spacial score (nSPS) is 13.5. The molecule has 2 aromatic heterocycles. The van der Waals surface area contributed by atoms with Gasteiger partial charge in [0.05, 0.1) is 16.7 Å². The topological polar surface area (TPSA) is 25.8 Å². The van der Waals surface area contributed by atoms with Crippen LogP contribution in [-0.4, -0.2) is 9.97 Å². The van der Waals surface area contributed by atoms with Gasteiger partial charge in [0, 0.05) is 6.20 Å². The molecule has 2 heteroatoms. The first-order valence-corrected chi connectivity index (χ1v) is 4.35. The third-order valence-electron chi connectivity index (χ3n) is 2.31. The molecule has 13 heavy (non-hydrogen) atoms. The van der Waals surface area contributed by atoms with Gasteiger partial charge in [-0.2, -0.15) is 0 Å². The van der Waals surface area contributed by atoms with Crippen molar-refractivity contribution in [1.29, 1.82) is 0 Å². The molecule has 2 heterocycles. The maximum Gasteiger partial charge on any atom is 0.0894 e. The van der Waals surface area contributed by atoms with Crippen molar-refractivity contribution in [1.82, 2.24) is 9.97 Å². The molecule has 0 radical (unpaired) electrons. The molecule has 3 rings (SSSR count). The van der Waals surface area contributed by atoms with E-state index in [4.69, 9.17) is 0 Å². The lowest BCUT2D eigenvalue weighted by molar-refractivity contribution is 1.23. The maximum atomic E-state index is 4.51. The maximum absolute atomic E-state index is 4.51. The molecule has 0 bridgehead atoms. The van der Waals surface area contributed by atoms with Crippen molar-refractivity contribution >= 4 is 17.1 Å². The van der Waals surface area contributed by atoms with Crippen molar-refractivity contribution in [3.8, 4) is 0 Å². The lowest BCUT2D eigenvalue weighted by Gasteiger charge is -2.00. The minimum Gasteiger partial charge on any atom is -0.255 e. The van der Waals surface area contributed by atoms with E-state index in [9.17, 15) is 0 Å². The highest BCUT2D eigenvalue weighted by atomic mass is 14.8. The number of rotatable bonds is 0. The van der Waals surface area contributed by atoms with Crippen LogP contribution in [0.4, 0.5) is 0 Å². The number of allylic oxidation sites excluding steroid dienone is 1. The molecule has 2 nitrogen and oxygen atoms in total. The lowest BCUT2D eigenvalue weighted by Crippen LogP contribution is -1.89. The van der Waals surface area contributed by atoms with Crippen LogP contribution in [0, 0.1) is 0 Å². The first-order valence-electron chi connectivity index (χ1n) is 4.35. The smallest absolute Gasteiger partial charge is 0.0894 e. The molecule has 0 saturated carbocycles. The molecule has 62 valence electrons. The van der Waals surface area contributed by atoms with Crippen molar-refractivity contribution in [2.24, 2.45) is 0 Å². The van der Waals surface area contributed by atoms with Crippen LogP contribution >= 0.6 is 0 Å². The first kappa shape index (κ1) is 6.78. The van der Waals surface area contributed by atoms with Crippen LogP contribution in [0.15, 0.2) is 30.5 Å². The number of aromatic nitrogens is 2. The summed E-state index contributed by atoms with van der Waals surface area (Å²) in [6, 6.07) is 6.03. The number of hydrogen-bond donors (Lipinski definition) is 0. The van der Waals surface area contributed by atoms with E-state index in [0.717, 1.165) is 23.1 Å². The van der Waals surface area contributed by atoms with Crippen LogP contribution < -0.4 is 0 Å². The Labute approximate surface area is 76.0 Å². The molecule has 2 aromatic rings. The monoisotopic (exact) mass is 168 g/mol. The Balaban J connectivity index is 2.40. The largest absolute Gasteiger partial charge is 0.255 e. The third-order valence-corrected chi connectivity index (χ3v) is 2.31. The number of nitrogens with zero attached hydrogens (tertiary/aromatic N) is 2. The van der Waals surface area contributed by atoms with Gasteiger partial charge in [-0.05, 0) is 36.3 Å². The minimum absolute atomic E-state index is 0.979. The van der Waals surface area contributed by atoms with Crippen molar-refractivity contribution in [3.05, 3.63) is 41.7 Å². The van der Waals surface area contributed by atoms with E-state index in [2.05, 4.69) is 28.2 Å². The fourth-order valence-corrected chi connectivity index (χ4v) is 1.66. The molecular formula is C11H8N2. The fraction of sp³-hybridized carbons (Fsp3) is 0.0909. The van der Waals surface area contributed by atoms with E-state index >= 15 is 0 Å². The van der Waals surface area contributed by atoms with Crippen LogP contribution in [0.5, 0.6) is 0 Å². The summed E-state index contributed by atoms with van der Waals surface area (Å²) in [5.74, 6) is 0. The number of pyridine rings is 2. The summed E-state index contributed by atoms with van der Waals surface area (Å²) in [7, 11) is 0. The van der Waals surface area contributed by atoms with Gasteiger partial charge in [-0.1, -0.05) is 6.08 Å². The van der Waals surface area contributed by atoms with Crippen LogP contribution in [0.3, 0.4) is 0 Å². The SMILES string of the molecule is C1=Cc2nc3cccnc3cc2C1. The second kappa shape index (κ2) is 2.39. The van der Waals surface area contributed by atoms with E-state index in [1.807, 2.05) is 12.1 Å². The van der Waals surface area contributed by atoms with Crippen LogP contribution in [0.2, 0.25) is 0 Å². The Kier molecular flexibility index (Phi) is 1.25. The van der Waals surface area contributed by atoms with Crippen molar-refractivity contribution in [3.63, 3.8) is 0 Å². The standard InChI is InChI=1S/C11H8N2/c1-3-8-7-11-10(5-2-6-12-11)13-9(8)4-1/h1-2,4-7H,3H2. The molecule has 1 aliphatic rings. The van der Waals surface area contributed by atoms with Gasteiger partial charge in [0.25, 0.3) is 0 Å². The summed E-state index contributed by atoms with van der Waals surface area (Å²) in [5, 5.41) is 0. The van der Waals surface area contributed by atoms with Crippen molar-refractivity contribution in [2.75, 3.05) is 0 Å². The summed E-state index contributed by atoms with van der Waals surface area (Å²) >= 11 is 0. The molecular weight excluding hydrogens is 160 g/mol. The van der Waals surface area contributed by atoms with E-state index in [1.54, 1.807) is 6.20 Å². The molecule has 0 atom stereocenters. The quantitative estimate of drug-likeness (QED) is 0.602. The highest BCUT2D eigenvalue weighted by Crippen LogP contribution is 2.20. The van der Waals surface area contributed by atoms with Gasteiger partial charge in [0.15, 0.2) is 0 Å². The molecule has 0 aliphatic heterocycles. The Bertz CT molecular complexity index is 500. The zero-order valence-electron chi connectivity index (χ0n) is 7.07. The zero-order valence-corrected chi connectivity index (χ0v) is 7.07. The number of fused-ring (bicyclic) bond motifs is 2. The molecule has 1 aliphatic carbocycles. The Morgan fingerprint density at radius 1 is 1.23 bits per heavy atom. The van der Waals surface area contributed by atoms with Gasteiger partial charge in [-0.3, -0.25) is 4.98 Å². The first-order chi connectivity index (χ1) is 6.43. The average Bonchev–Trinajstić information content (AvgIpc) is 2.61. The van der Waals surface area contributed by atoms with Gasteiger partial charge < -0.3 is 0 Å². The van der Waals surface area contributed by atoms with Crippen molar-refractivity contribution in [2.45, 2.75) is 6.42 Å². The Morgan fingerprint density at radius 2 is 2.23 bits per heavy atom. The van der Waals surface area contributed by atoms with Gasteiger partial charge in [0.2, 0.25) is 0 Å². The molecule has 0 amide bonds.